The second kappa shape index (κ2) is 10.0. The molecule has 25 heavy (non-hydrogen) atoms. The van der Waals surface area contributed by atoms with Crippen LogP contribution in [0.2, 0.25) is 0 Å². The van der Waals surface area contributed by atoms with Gasteiger partial charge in [0.15, 0.2) is 0 Å². The van der Waals surface area contributed by atoms with Crippen LogP contribution in [0.15, 0.2) is 23.8 Å². The Balaban J connectivity index is 1.35. The van der Waals surface area contributed by atoms with Crippen LogP contribution in [0.1, 0.15) is 70.6 Å². The molecule has 0 aromatic heterocycles. The summed E-state index contributed by atoms with van der Waals surface area (Å²) in [6.07, 6.45) is 20.5. The van der Waals surface area contributed by atoms with Gasteiger partial charge in [0.1, 0.15) is 0 Å². The number of amides is 2. The minimum atomic E-state index is 0.0235. The second-order valence-corrected chi connectivity index (χ2v) is 7.89. The molecule has 0 unspecified atom stereocenters. The standard InChI is InChI=1S/C21H35N3O/c25-21(23-19-10-4-1-2-5-11-19)22-15-14-18-9-8-16-24(17-18)20-12-6-3-7-13-20/h6,9,12,19-20H,1-5,7-8,10-11,13-17H2,(H2,22,23,25)/t20-/m0/s1. The van der Waals surface area contributed by atoms with E-state index in [1.807, 2.05) is 0 Å². The van der Waals surface area contributed by atoms with Gasteiger partial charge in [-0.25, -0.2) is 4.79 Å². The maximum atomic E-state index is 12.1. The number of hydrogen-bond acceptors (Lipinski definition) is 2. The number of hydrogen-bond donors (Lipinski definition) is 2. The highest BCUT2D eigenvalue weighted by atomic mass is 16.2. The lowest BCUT2D eigenvalue weighted by Crippen LogP contribution is -2.43. The van der Waals surface area contributed by atoms with Crippen LogP contribution in [0.4, 0.5) is 4.79 Å². The lowest BCUT2D eigenvalue weighted by molar-refractivity contribution is 0.223. The highest BCUT2D eigenvalue weighted by Crippen LogP contribution is 2.22. The molecule has 2 amide bonds. The van der Waals surface area contributed by atoms with Gasteiger partial charge in [-0.1, -0.05) is 49.5 Å². The molecule has 1 atom stereocenters. The van der Waals surface area contributed by atoms with E-state index >= 15 is 0 Å². The van der Waals surface area contributed by atoms with E-state index in [1.165, 1.54) is 57.1 Å². The Labute approximate surface area is 153 Å². The summed E-state index contributed by atoms with van der Waals surface area (Å²) in [6, 6.07) is 1.03. The SMILES string of the molecule is O=C(NCCC1=CCCN([C@H]2C=CCCC2)C1)NC1CCCCCC1. The largest absolute Gasteiger partial charge is 0.338 e. The minimum absolute atomic E-state index is 0.0235. The molecule has 3 aliphatic rings. The zero-order chi connectivity index (χ0) is 17.3. The Bertz CT molecular complexity index is 478. The van der Waals surface area contributed by atoms with Crippen molar-refractivity contribution in [1.29, 1.82) is 0 Å². The van der Waals surface area contributed by atoms with E-state index in [4.69, 9.17) is 0 Å². The van der Waals surface area contributed by atoms with Crippen LogP contribution in [-0.4, -0.2) is 42.6 Å². The summed E-state index contributed by atoms with van der Waals surface area (Å²) in [5.41, 5.74) is 1.49. The molecule has 1 aliphatic heterocycles. The van der Waals surface area contributed by atoms with Crippen LogP contribution in [0, 0.1) is 0 Å². The van der Waals surface area contributed by atoms with Crippen LogP contribution in [0.5, 0.6) is 0 Å². The molecule has 2 N–H and O–H groups in total. The van der Waals surface area contributed by atoms with E-state index in [-0.39, 0.29) is 6.03 Å². The first-order valence-electron chi connectivity index (χ1n) is 10.4. The van der Waals surface area contributed by atoms with Gasteiger partial charge in [0, 0.05) is 31.7 Å². The van der Waals surface area contributed by atoms with Crippen molar-refractivity contribution in [1.82, 2.24) is 15.5 Å². The van der Waals surface area contributed by atoms with Crippen molar-refractivity contribution in [2.24, 2.45) is 0 Å². The van der Waals surface area contributed by atoms with E-state index in [9.17, 15) is 4.79 Å². The topological polar surface area (TPSA) is 44.4 Å². The monoisotopic (exact) mass is 345 g/mol. The number of nitrogens with zero attached hydrogens (tertiary/aromatic N) is 1. The Morgan fingerprint density at radius 3 is 2.68 bits per heavy atom. The number of urea groups is 1. The van der Waals surface area contributed by atoms with Gasteiger partial charge < -0.3 is 10.6 Å². The highest BCUT2D eigenvalue weighted by molar-refractivity contribution is 5.74. The zero-order valence-electron chi connectivity index (χ0n) is 15.6. The fraction of sp³-hybridized carbons (Fsp3) is 0.762. The van der Waals surface area contributed by atoms with Crippen molar-refractivity contribution < 1.29 is 4.79 Å². The van der Waals surface area contributed by atoms with Gasteiger partial charge in [-0.2, -0.15) is 0 Å². The lowest BCUT2D eigenvalue weighted by atomic mass is 9.98. The Kier molecular flexibility index (Phi) is 7.40. The second-order valence-electron chi connectivity index (χ2n) is 7.89. The van der Waals surface area contributed by atoms with Crippen LogP contribution >= 0.6 is 0 Å². The molecule has 4 heteroatoms. The summed E-state index contributed by atoms with van der Waals surface area (Å²) in [6.45, 7) is 2.99. The molecule has 2 aliphatic carbocycles. The minimum Gasteiger partial charge on any atom is -0.338 e. The summed E-state index contributed by atoms with van der Waals surface area (Å²) in [7, 11) is 0. The van der Waals surface area contributed by atoms with Gasteiger partial charge in [0.05, 0.1) is 0 Å². The zero-order valence-corrected chi connectivity index (χ0v) is 15.6. The predicted molar refractivity (Wildman–Crippen MR) is 104 cm³/mol. The van der Waals surface area contributed by atoms with Crippen LogP contribution in [0.25, 0.3) is 0 Å². The van der Waals surface area contributed by atoms with Crippen molar-refractivity contribution >= 4 is 6.03 Å². The Hall–Kier alpha value is -1.29. The first kappa shape index (κ1) is 18.5. The molecule has 0 aromatic rings. The average Bonchev–Trinajstić information content (AvgIpc) is 2.91. The van der Waals surface area contributed by atoms with Crippen molar-refractivity contribution in [3.8, 4) is 0 Å². The number of rotatable bonds is 5. The van der Waals surface area contributed by atoms with Gasteiger partial charge in [0.2, 0.25) is 0 Å². The molecule has 0 aromatic carbocycles. The Morgan fingerprint density at radius 2 is 1.92 bits per heavy atom. The number of nitrogens with one attached hydrogen (secondary N) is 2. The molecular formula is C21H35N3O. The molecule has 140 valence electrons. The molecule has 4 nitrogen and oxygen atoms in total. The van der Waals surface area contributed by atoms with Crippen molar-refractivity contribution in [3.05, 3.63) is 23.8 Å². The maximum Gasteiger partial charge on any atom is 0.315 e. The fourth-order valence-electron chi connectivity index (χ4n) is 4.40. The van der Waals surface area contributed by atoms with Crippen LogP contribution in [0.3, 0.4) is 0 Å². The smallest absolute Gasteiger partial charge is 0.315 e. The summed E-state index contributed by atoms with van der Waals surface area (Å²) < 4.78 is 0. The molecule has 0 saturated heterocycles. The molecular weight excluding hydrogens is 310 g/mol. The summed E-state index contributed by atoms with van der Waals surface area (Å²) in [5.74, 6) is 0. The quantitative estimate of drug-likeness (QED) is 0.581. The van der Waals surface area contributed by atoms with Crippen LogP contribution < -0.4 is 10.6 Å². The molecule has 0 bridgehead atoms. The first-order valence-corrected chi connectivity index (χ1v) is 10.4. The molecule has 1 heterocycles. The van der Waals surface area contributed by atoms with Gasteiger partial charge >= 0.3 is 6.03 Å². The maximum absolute atomic E-state index is 12.1. The van der Waals surface area contributed by atoms with Crippen LogP contribution in [-0.2, 0) is 0 Å². The van der Waals surface area contributed by atoms with Crippen molar-refractivity contribution in [2.45, 2.75) is 82.7 Å². The van der Waals surface area contributed by atoms with Crippen molar-refractivity contribution in [3.63, 3.8) is 0 Å². The number of carbonyl (C=O) groups is 1. The third-order valence-corrected chi connectivity index (χ3v) is 5.88. The number of allylic oxidation sites excluding steroid dienone is 1. The van der Waals surface area contributed by atoms with Gasteiger partial charge in [-0.05, 0) is 44.9 Å². The summed E-state index contributed by atoms with van der Waals surface area (Å²) >= 11 is 0. The molecule has 1 saturated carbocycles. The Morgan fingerprint density at radius 1 is 1.08 bits per heavy atom. The van der Waals surface area contributed by atoms with E-state index in [1.54, 1.807) is 0 Å². The highest BCUT2D eigenvalue weighted by Gasteiger charge is 2.21. The summed E-state index contributed by atoms with van der Waals surface area (Å²) in [4.78, 5) is 14.7. The number of carbonyl (C=O) groups excluding carboxylic acids is 1. The first-order chi connectivity index (χ1) is 12.3. The van der Waals surface area contributed by atoms with Gasteiger partial charge in [0.25, 0.3) is 0 Å². The van der Waals surface area contributed by atoms with Gasteiger partial charge in [-0.15, -0.1) is 0 Å². The lowest BCUT2D eigenvalue weighted by Gasteiger charge is -2.34. The van der Waals surface area contributed by atoms with E-state index in [0.717, 1.165) is 38.8 Å². The van der Waals surface area contributed by atoms with Crippen molar-refractivity contribution in [2.75, 3.05) is 19.6 Å². The summed E-state index contributed by atoms with van der Waals surface area (Å²) in [5, 5.41) is 6.24. The van der Waals surface area contributed by atoms with E-state index in [2.05, 4.69) is 33.8 Å². The molecule has 0 radical (unpaired) electrons. The van der Waals surface area contributed by atoms with Gasteiger partial charge in [-0.3, -0.25) is 4.90 Å². The van der Waals surface area contributed by atoms with E-state index < -0.39 is 0 Å². The molecule has 3 rings (SSSR count). The molecule has 1 fully saturated rings. The third kappa shape index (κ3) is 6.18. The average molecular weight is 346 g/mol. The van der Waals surface area contributed by atoms with E-state index in [0.29, 0.717) is 12.1 Å². The fourth-order valence-corrected chi connectivity index (χ4v) is 4.40. The molecule has 0 spiro atoms. The third-order valence-electron chi connectivity index (χ3n) is 5.88. The normalized spacial score (nSPS) is 25.9. The predicted octanol–water partition coefficient (Wildman–Crippen LogP) is 4.14.